The summed E-state index contributed by atoms with van der Waals surface area (Å²) in [6.07, 6.45) is -0.564. The summed E-state index contributed by atoms with van der Waals surface area (Å²) < 4.78 is 27.5. The van der Waals surface area contributed by atoms with Crippen LogP contribution in [0.3, 0.4) is 0 Å². The van der Waals surface area contributed by atoms with E-state index in [9.17, 15) is 23.1 Å². The van der Waals surface area contributed by atoms with Crippen molar-refractivity contribution in [1.29, 1.82) is 5.41 Å². The molecule has 204 valence electrons. The molecule has 10 heteroatoms. The van der Waals surface area contributed by atoms with Crippen molar-refractivity contribution in [3.8, 4) is 0 Å². The Labute approximate surface area is 239 Å². The maximum atomic E-state index is 13.5. The molecule has 8 nitrogen and oxygen atoms in total. The number of carbonyl (C=O) groups excluding carboxylic acids is 1. The molecule has 40 heavy (non-hydrogen) atoms. The molecule has 4 aromatic rings. The van der Waals surface area contributed by atoms with Crippen LogP contribution in [-0.4, -0.2) is 45.8 Å². The summed E-state index contributed by atoms with van der Waals surface area (Å²) in [7, 11) is -4.02. The van der Waals surface area contributed by atoms with Crippen LogP contribution in [0.4, 0.5) is 5.69 Å². The van der Waals surface area contributed by atoms with Crippen LogP contribution in [0, 0.1) is 5.41 Å². The number of carbonyl (C=O) groups is 2. The molecule has 0 aromatic heterocycles. The van der Waals surface area contributed by atoms with E-state index in [4.69, 9.17) is 5.41 Å². The van der Waals surface area contributed by atoms with E-state index in [1.165, 1.54) is 12.1 Å². The maximum absolute atomic E-state index is 13.5. The number of nitrogens with one attached hydrogen (secondary N) is 3. The van der Waals surface area contributed by atoms with Crippen molar-refractivity contribution in [2.75, 3.05) is 5.32 Å². The molecule has 4 aromatic carbocycles. The fourth-order valence-electron chi connectivity index (χ4n) is 4.03. The molecule has 0 radical (unpaired) electrons. The van der Waals surface area contributed by atoms with Gasteiger partial charge < -0.3 is 0 Å². The molecule has 0 bridgehead atoms. The molecule has 0 heterocycles. The summed E-state index contributed by atoms with van der Waals surface area (Å²) in [5, 5.41) is 22.2. The second-order valence-electron chi connectivity index (χ2n) is 8.94. The Bertz CT molecular complexity index is 1600. The van der Waals surface area contributed by atoms with Gasteiger partial charge in [-0.1, -0.05) is 6.07 Å². The van der Waals surface area contributed by atoms with E-state index in [1.54, 1.807) is 66.7 Å². The van der Waals surface area contributed by atoms with Crippen LogP contribution in [-0.2, 0) is 21.2 Å². The molecule has 0 spiro atoms. The van der Waals surface area contributed by atoms with Crippen molar-refractivity contribution >= 4 is 52.1 Å². The zero-order chi connectivity index (χ0) is 28.5. The van der Waals surface area contributed by atoms with Gasteiger partial charge in [-0.05, 0) is 0 Å². The number of carboxylic acid groups (broad SMARTS) is 1. The van der Waals surface area contributed by atoms with Crippen molar-refractivity contribution in [2.24, 2.45) is 0 Å². The molecule has 2 atom stereocenters. The van der Waals surface area contributed by atoms with Crippen LogP contribution in [0.2, 0.25) is 0 Å². The third-order valence-electron chi connectivity index (χ3n) is 6.05. The van der Waals surface area contributed by atoms with Crippen LogP contribution in [0.5, 0.6) is 0 Å². The summed E-state index contributed by atoms with van der Waals surface area (Å²) in [6, 6.07) is 31.0. The Kier molecular flexibility index (Phi) is 9.53. The quantitative estimate of drug-likeness (QED) is 0.114. The van der Waals surface area contributed by atoms with E-state index in [1.807, 2.05) is 30.3 Å². The van der Waals surface area contributed by atoms with E-state index in [0.29, 0.717) is 27.7 Å². The molecule has 4 rings (SSSR count). The third-order valence-corrected chi connectivity index (χ3v) is 10.5. The Hall–Kier alpha value is -4.20. The van der Waals surface area contributed by atoms with Crippen LogP contribution >= 0.6 is 0 Å². The fourth-order valence-corrected chi connectivity index (χ4v) is 8.07. The molecule has 0 aliphatic rings. The molecule has 2 unspecified atom stereocenters. The topological polar surface area (TPSA) is 136 Å². The van der Waals surface area contributed by atoms with Gasteiger partial charge in [0, 0.05) is 0 Å². The van der Waals surface area contributed by atoms with Gasteiger partial charge in [0.1, 0.15) is 0 Å². The molecule has 0 aliphatic heterocycles. The zero-order valence-corrected chi connectivity index (χ0v) is 24.3. The minimum absolute atomic E-state index is 0.00211. The number of hydrogen-bond acceptors (Lipinski definition) is 5. The van der Waals surface area contributed by atoms with Gasteiger partial charge in [0.2, 0.25) is 0 Å². The van der Waals surface area contributed by atoms with Crippen LogP contribution in [0.15, 0.2) is 114 Å². The van der Waals surface area contributed by atoms with Crippen molar-refractivity contribution < 1.29 is 23.1 Å². The first kappa shape index (κ1) is 28.8. The number of benzene rings is 4. The number of aliphatic carboxylic acids is 1. The number of hydrogen-bond donors (Lipinski definition) is 4. The van der Waals surface area contributed by atoms with Gasteiger partial charge in [-0.15, -0.1) is 0 Å². The predicted molar refractivity (Wildman–Crippen MR) is 157 cm³/mol. The minimum atomic E-state index is -4.02. The molecule has 0 saturated heterocycles. The first-order chi connectivity index (χ1) is 19.2. The van der Waals surface area contributed by atoms with Crippen molar-refractivity contribution in [1.82, 2.24) is 5.32 Å². The van der Waals surface area contributed by atoms with Gasteiger partial charge >= 0.3 is 234 Å². The van der Waals surface area contributed by atoms with Gasteiger partial charge in [0.25, 0.3) is 0 Å². The van der Waals surface area contributed by atoms with Gasteiger partial charge in [-0.3, -0.25) is 0 Å². The van der Waals surface area contributed by atoms with Crippen LogP contribution in [0.25, 0.3) is 0 Å². The van der Waals surface area contributed by atoms with Crippen LogP contribution in [0.1, 0.15) is 33.2 Å². The van der Waals surface area contributed by atoms with E-state index < -0.39 is 43.2 Å². The van der Waals surface area contributed by atoms with E-state index in [-0.39, 0.29) is 15.4 Å². The van der Waals surface area contributed by atoms with Crippen LogP contribution < -0.4 is 15.0 Å². The molecule has 4 N–H and O–H groups in total. The summed E-state index contributed by atoms with van der Waals surface area (Å²) >= 11 is -1.39. The second kappa shape index (κ2) is 13.2. The normalized spacial score (nSPS) is 12.1. The van der Waals surface area contributed by atoms with E-state index in [0.717, 1.165) is 5.56 Å². The SMILES string of the molecule is N=C(NCc1ccccc1)Nc1ccc(C(=O)[AsH]c2cccc(S(=O)(=O)C(CC(=O)O)c3ccccc3)c2)cc1. The number of sulfone groups is 1. The number of rotatable bonds is 11. The van der Waals surface area contributed by atoms with Gasteiger partial charge in [0.05, 0.1) is 0 Å². The summed E-state index contributed by atoms with van der Waals surface area (Å²) in [6.45, 7) is 0.505. The van der Waals surface area contributed by atoms with Gasteiger partial charge in [-0.25, -0.2) is 0 Å². The standard InChI is InChI=1S/C30H28AsN3O5S/c32-30(33-20-21-8-3-1-4-9-21)34-25-16-14-23(15-17-25)29(37)31-24-12-7-13-26(18-24)40(38,39)27(19-28(35)36)22-10-5-2-6-11-22/h1-18,27,31H,19-20H2,(H,35,36)(H3,32,33,34). The average Bonchev–Trinajstić information content (AvgIpc) is 2.96. The van der Waals surface area contributed by atoms with Crippen molar-refractivity contribution in [3.05, 3.63) is 126 Å². The van der Waals surface area contributed by atoms with Gasteiger partial charge in [-0.2, -0.15) is 0 Å². The van der Waals surface area contributed by atoms with E-state index >= 15 is 0 Å². The fraction of sp³-hybridized carbons (Fsp3) is 0.100. The Morgan fingerprint density at radius 1 is 0.850 bits per heavy atom. The summed E-state index contributed by atoms with van der Waals surface area (Å²) in [5.74, 6) is -1.08. The molecule has 0 amide bonds. The third kappa shape index (κ3) is 7.68. The number of carboxylic acids is 1. The zero-order valence-electron chi connectivity index (χ0n) is 21.4. The molecule has 0 saturated carbocycles. The molecule has 0 fully saturated rings. The molecule has 0 aliphatic carbocycles. The molecular weight excluding hydrogens is 589 g/mol. The van der Waals surface area contributed by atoms with Crippen molar-refractivity contribution in [2.45, 2.75) is 23.1 Å². The average molecular weight is 618 g/mol. The van der Waals surface area contributed by atoms with E-state index in [2.05, 4.69) is 10.6 Å². The van der Waals surface area contributed by atoms with Crippen molar-refractivity contribution in [3.63, 3.8) is 0 Å². The number of anilines is 1. The number of guanidine groups is 1. The Balaban J connectivity index is 1.42. The summed E-state index contributed by atoms with van der Waals surface area (Å²) in [4.78, 5) is 24.5. The first-order valence-corrected chi connectivity index (χ1v) is 16.0. The second-order valence-corrected chi connectivity index (χ2v) is 13.8. The first-order valence-electron chi connectivity index (χ1n) is 12.4. The predicted octanol–water partition coefficient (Wildman–Crippen LogP) is 3.71. The Morgan fingerprint density at radius 3 is 2.15 bits per heavy atom. The monoisotopic (exact) mass is 617 g/mol. The Morgan fingerprint density at radius 2 is 1.50 bits per heavy atom. The van der Waals surface area contributed by atoms with Gasteiger partial charge in [0.15, 0.2) is 0 Å². The molecular formula is C30H28AsN3O5S. The summed E-state index contributed by atoms with van der Waals surface area (Å²) in [5.41, 5.74) is 2.60.